The summed E-state index contributed by atoms with van der Waals surface area (Å²) in [6, 6.07) is 5.21. The van der Waals surface area contributed by atoms with E-state index in [1.54, 1.807) is 18.2 Å². The van der Waals surface area contributed by atoms with Crippen LogP contribution in [0.4, 0.5) is 5.69 Å². The van der Waals surface area contributed by atoms with E-state index in [1.165, 1.54) is 6.08 Å². The number of aliphatic imine (C=N–C) groups is 1. The number of aryl methyl sites for hydroxylation is 1. The van der Waals surface area contributed by atoms with Crippen LogP contribution in [-0.2, 0) is 11.2 Å². The summed E-state index contributed by atoms with van der Waals surface area (Å²) in [6.45, 7) is 2.12. The van der Waals surface area contributed by atoms with Gasteiger partial charge in [0.2, 0.25) is 6.08 Å². The van der Waals surface area contributed by atoms with Crippen LogP contribution in [0, 0.1) is 0 Å². The third kappa shape index (κ3) is 2.18. The zero-order valence-electron chi connectivity index (χ0n) is 9.06. The van der Waals surface area contributed by atoms with Crippen molar-refractivity contribution in [3.63, 3.8) is 0 Å². The Balaban J connectivity index is 2.34. The minimum atomic E-state index is 0.542. The quantitative estimate of drug-likeness (QED) is 0.582. The van der Waals surface area contributed by atoms with Crippen molar-refractivity contribution in [2.75, 3.05) is 0 Å². The molecule has 0 N–H and O–H groups in total. The SMILES string of the molecule is CCCCc1nc2ccc(N=C=O)cc2o1. The van der Waals surface area contributed by atoms with Gasteiger partial charge in [-0.1, -0.05) is 13.3 Å². The van der Waals surface area contributed by atoms with Gasteiger partial charge in [-0.05, 0) is 18.6 Å². The lowest BCUT2D eigenvalue weighted by Gasteiger charge is -1.89. The molecule has 2 rings (SSSR count). The summed E-state index contributed by atoms with van der Waals surface area (Å²) >= 11 is 0. The summed E-state index contributed by atoms with van der Waals surface area (Å²) in [5, 5.41) is 0. The molecular formula is C12H12N2O2. The Hall–Kier alpha value is -1.93. The third-order valence-corrected chi connectivity index (χ3v) is 2.34. The van der Waals surface area contributed by atoms with Crippen LogP contribution in [0.25, 0.3) is 11.1 Å². The van der Waals surface area contributed by atoms with Crippen LogP contribution < -0.4 is 0 Å². The largest absolute Gasteiger partial charge is 0.441 e. The van der Waals surface area contributed by atoms with Crippen molar-refractivity contribution >= 4 is 22.9 Å². The van der Waals surface area contributed by atoms with Crippen molar-refractivity contribution in [1.82, 2.24) is 4.98 Å². The molecule has 82 valence electrons. The maximum absolute atomic E-state index is 10.1. The number of unbranched alkanes of at least 4 members (excludes halogenated alkanes) is 1. The molecule has 1 aromatic carbocycles. The fraction of sp³-hybridized carbons (Fsp3) is 0.333. The molecule has 1 heterocycles. The lowest BCUT2D eigenvalue weighted by molar-refractivity contribution is 0.518. The molecule has 0 spiro atoms. The number of rotatable bonds is 4. The van der Waals surface area contributed by atoms with Gasteiger partial charge in [-0.15, -0.1) is 0 Å². The van der Waals surface area contributed by atoms with E-state index in [1.807, 2.05) is 0 Å². The van der Waals surface area contributed by atoms with Crippen LogP contribution in [0.5, 0.6) is 0 Å². The van der Waals surface area contributed by atoms with E-state index in [-0.39, 0.29) is 0 Å². The van der Waals surface area contributed by atoms with Crippen LogP contribution in [0.1, 0.15) is 25.7 Å². The van der Waals surface area contributed by atoms with E-state index in [2.05, 4.69) is 16.9 Å². The molecule has 0 unspecified atom stereocenters. The van der Waals surface area contributed by atoms with E-state index >= 15 is 0 Å². The highest BCUT2D eigenvalue weighted by molar-refractivity contribution is 5.76. The van der Waals surface area contributed by atoms with Crippen molar-refractivity contribution in [3.8, 4) is 0 Å². The van der Waals surface area contributed by atoms with Gasteiger partial charge in [-0.3, -0.25) is 0 Å². The van der Waals surface area contributed by atoms with Gasteiger partial charge in [0.05, 0.1) is 5.69 Å². The average Bonchev–Trinajstić information content (AvgIpc) is 2.68. The summed E-state index contributed by atoms with van der Waals surface area (Å²) in [5.41, 5.74) is 2.01. The summed E-state index contributed by atoms with van der Waals surface area (Å²) in [7, 11) is 0. The predicted molar refractivity (Wildman–Crippen MR) is 60.4 cm³/mol. The molecule has 0 fully saturated rings. The van der Waals surface area contributed by atoms with Crippen molar-refractivity contribution < 1.29 is 9.21 Å². The summed E-state index contributed by atoms with van der Waals surface area (Å²) in [4.78, 5) is 18.0. The molecule has 2 aromatic rings. The Labute approximate surface area is 93.0 Å². The highest BCUT2D eigenvalue weighted by Crippen LogP contribution is 2.22. The molecule has 0 amide bonds. The van der Waals surface area contributed by atoms with Gasteiger partial charge in [0.25, 0.3) is 0 Å². The first kappa shape index (κ1) is 10.6. The van der Waals surface area contributed by atoms with Crippen molar-refractivity contribution in [2.45, 2.75) is 26.2 Å². The van der Waals surface area contributed by atoms with E-state index in [4.69, 9.17) is 4.42 Å². The maximum atomic E-state index is 10.1. The van der Waals surface area contributed by atoms with Gasteiger partial charge in [0, 0.05) is 12.5 Å². The molecule has 0 bridgehead atoms. The number of hydrogen-bond donors (Lipinski definition) is 0. The number of hydrogen-bond acceptors (Lipinski definition) is 4. The molecule has 4 heteroatoms. The molecule has 0 aliphatic heterocycles. The molecule has 1 aromatic heterocycles. The van der Waals surface area contributed by atoms with Gasteiger partial charge < -0.3 is 4.42 Å². The first-order chi connectivity index (χ1) is 7.83. The average molecular weight is 216 g/mol. The number of benzene rings is 1. The second-order valence-electron chi connectivity index (χ2n) is 3.57. The van der Waals surface area contributed by atoms with Gasteiger partial charge in [0.1, 0.15) is 5.52 Å². The monoisotopic (exact) mass is 216 g/mol. The molecule has 4 nitrogen and oxygen atoms in total. The van der Waals surface area contributed by atoms with Gasteiger partial charge >= 0.3 is 0 Å². The Kier molecular flexibility index (Phi) is 3.13. The zero-order valence-corrected chi connectivity index (χ0v) is 9.06. The number of isocyanates is 1. The van der Waals surface area contributed by atoms with Gasteiger partial charge in [-0.25, -0.2) is 9.78 Å². The van der Waals surface area contributed by atoms with Crippen LogP contribution in [-0.4, -0.2) is 11.1 Å². The standard InChI is InChI=1S/C12H12N2O2/c1-2-3-4-12-14-10-6-5-9(13-8-15)7-11(10)16-12/h5-7H,2-4H2,1H3. The molecule has 16 heavy (non-hydrogen) atoms. The first-order valence-corrected chi connectivity index (χ1v) is 5.31. The molecule has 0 saturated carbocycles. The van der Waals surface area contributed by atoms with E-state index in [0.717, 1.165) is 30.7 Å². The van der Waals surface area contributed by atoms with Gasteiger partial charge in [-0.2, -0.15) is 4.99 Å². The van der Waals surface area contributed by atoms with Gasteiger partial charge in [0.15, 0.2) is 11.5 Å². The smallest absolute Gasteiger partial charge is 0.240 e. The third-order valence-electron chi connectivity index (χ3n) is 2.34. The predicted octanol–water partition coefficient (Wildman–Crippen LogP) is 3.14. The Morgan fingerprint density at radius 3 is 3.12 bits per heavy atom. The highest BCUT2D eigenvalue weighted by atomic mass is 16.3. The normalized spacial score (nSPS) is 10.3. The highest BCUT2D eigenvalue weighted by Gasteiger charge is 2.05. The van der Waals surface area contributed by atoms with Crippen LogP contribution in [0.2, 0.25) is 0 Å². The van der Waals surface area contributed by atoms with Crippen LogP contribution >= 0.6 is 0 Å². The van der Waals surface area contributed by atoms with Crippen molar-refractivity contribution in [2.24, 2.45) is 4.99 Å². The van der Waals surface area contributed by atoms with E-state index in [9.17, 15) is 4.79 Å². The maximum Gasteiger partial charge on any atom is 0.240 e. The molecule has 0 radical (unpaired) electrons. The number of nitrogens with zero attached hydrogens (tertiary/aromatic N) is 2. The number of fused-ring (bicyclic) bond motifs is 1. The number of aromatic nitrogens is 1. The molecular weight excluding hydrogens is 204 g/mol. The second-order valence-corrected chi connectivity index (χ2v) is 3.57. The van der Waals surface area contributed by atoms with Crippen molar-refractivity contribution in [1.29, 1.82) is 0 Å². The lowest BCUT2D eigenvalue weighted by Crippen LogP contribution is -1.82. The zero-order chi connectivity index (χ0) is 11.4. The van der Waals surface area contributed by atoms with Crippen LogP contribution in [0.15, 0.2) is 27.6 Å². The Morgan fingerprint density at radius 2 is 2.38 bits per heavy atom. The second kappa shape index (κ2) is 4.73. The molecule has 0 atom stereocenters. The summed E-state index contributed by atoms with van der Waals surface area (Å²) < 4.78 is 5.56. The fourth-order valence-electron chi connectivity index (χ4n) is 1.52. The number of carbonyl (C=O) groups excluding carboxylic acids is 1. The van der Waals surface area contributed by atoms with E-state index < -0.39 is 0 Å². The minimum Gasteiger partial charge on any atom is -0.441 e. The van der Waals surface area contributed by atoms with Crippen molar-refractivity contribution in [3.05, 3.63) is 24.1 Å². The minimum absolute atomic E-state index is 0.542. The first-order valence-electron chi connectivity index (χ1n) is 5.31. The Bertz CT molecular complexity index is 539. The fourth-order valence-corrected chi connectivity index (χ4v) is 1.52. The molecule has 0 saturated heterocycles. The summed E-state index contributed by atoms with van der Waals surface area (Å²) in [6.07, 6.45) is 4.52. The van der Waals surface area contributed by atoms with E-state index in [0.29, 0.717) is 11.3 Å². The van der Waals surface area contributed by atoms with Crippen LogP contribution in [0.3, 0.4) is 0 Å². The topological polar surface area (TPSA) is 55.5 Å². The number of oxazole rings is 1. The lowest BCUT2D eigenvalue weighted by atomic mass is 10.2. The Morgan fingerprint density at radius 1 is 1.50 bits per heavy atom. The molecule has 0 aliphatic rings. The molecule has 0 aliphatic carbocycles. The summed E-state index contributed by atoms with van der Waals surface area (Å²) in [5.74, 6) is 0.740.